The Morgan fingerprint density at radius 3 is 1.79 bits per heavy atom. The van der Waals surface area contributed by atoms with Gasteiger partial charge in [0.05, 0.1) is 19.3 Å². The summed E-state index contributed by atoms with van der Waals surface area (Å²) in [6.07, 6.45) is -2.51. The number of carboxylic acids is 2. The molecule has 10 N–H and O–H groups in total. The zero-order chi connectivity index (χ0) is 22.7. The SMILES string of the molecule is CC(O)C(NC(=O)C(CCC(=O)O)NC(=O)C(CO)NC(=O)C(N)CO)C(=O)O. The standard InChI is InChI=1S/C15H26N4O10/c1-6(22)11(15(28)29)19-13(26)8(2-3-10(23)24)17-14(27)9(5-21)18-12(25)7(16)4-20/h6-9,11,20-22H,2-5,16H2,1H3,(H,17,27)(H,18,25)(H,19,26)(H,23,24)(H,28,29). The van der Waals surface area contributed by atoms with Crippen molar-refractivity contribution in [2.45, 2.75) is 50.0 Å². The van der Waals surface area contributed by atoms with E-state index in [-0.39, 0.29) is 0 Å². The van der Waals surface area contributed by atoms with E-state index in [2.05, 4.69) is 5.32 Å². The summed E-state index contributed by atoms with van der Waals surface area (Å²) >= 11 is 0. The summed E-state index contributed by atoms with van der Waals surface area (Å²) < 4.78 is 0. The minimum absolute atomic E-state index is 0.443. The minimum Gasteiger partial charge on any atom is -0.481 e. The summed E-state index contributed by atoms with van der Waals surface area (Å²) in [4.78, 5) is 58.1. The Labute approximate surface area is 165 Å². The lowest BCUT2D eigenvalue weighted by Gasteiger charge is -2.24. The third-order valence-corrected chi connectivity index (χ3v) is 3.68. The maximum absolute atomic E-state index is 12.3. The number of carbonyl (C=O) groups is 5. The largest absolute Gasteiger partial charge is 0.481 e. The number of hydrogen-bond donors (Lipinski definition) is 9. The number of carbonyl (C=O) groups excluding carboxylic acids is 3. The first-order valence-corrected chi connectivity index (χ1v) is 8.45. The molecule has 14 heteroatoms. The van der Waals surface area contributed by atoms with Gasteiger partial charge in [-0.25, -0.2) is 4.79 Å². The molecule has 5 unspecified atom stereocenters. The molecular weight excluding hydrogens is 396 g/mol. The summed E-state index contributed by atoms with van der Waals surface area (Å²) in [6.45, 7) is -0.537. The van der Waals surface area contributed by atoms with Gasteiger partial charge in [-0.2, -0.15) is 0 Å². The molecule has 0 saturated carbocycles. The number of nitrogens with one attached hydrogen (secondary N) is 3. The van der Waals surface area contributed by atoms with Crippen LogP contribution in [-0.4, -0.2) is 98.7 Å². The summed E-state index contributed by atoms with van der Waals surface area (Å²) in [6, 6.07) is -6.21. The van der Waals surface area contributed by atoms with Crippen LogP contribution < -0.4 is 21.7 Å². The molecule has 0 heterocycles. The fourth-order valence-electron chi connectivity index (χ4n) is 2.01. The molecule has 0 saturated heterocycles. The van der Waals surface area contributed by atoms with Crippen LogP contribution in [0.25, 0.3) is 0 Å². The predicted octanol–water partition coefficient (Wildman–Crippen LogP) is -4.92. The van der Waals surface area contributed by atoms with Crippen LogP contribution in [0, 0.1) is 0 Å². The maximum Gasteiger partial charge on any atom is 0.328 e. The van der Waals surface area contributed by atoms with Gasteiger partial charge in [0.2, 0.25) is 17.7 Å². The zero-order valence-electron chi connectivity index (χ0n) is 15.6. The van der Waals surface area contributed by atoms with E-state index in [0.29, 0.717) is 0 Å². The quantitative estimate of drug-likeness (QED) is 0.136. The van der Waals surface area contributed by atoms with Crippen molar-refractivity contribution in [2.75, 3.05) is 13.2 Å². The highest BCUT2D eigenvalue weighted by Crippen LogP contribution is 2.02. The molecule has 5 atom stereocenters. The van der Waals surface area contributed by atoms with E-state index in [4.69, 9.17) is 21.1 Å². The molecule has 0 aromatic rings. The van der Waals surface area contributed by atoms with E-state index in [0.717, 1.165) is 6.92 Å². The van der Waals surface area contributed by atoms with Gasteiger partial charge in [0.15, 0.2) is 6.04 Å². The first-order valence-electron chi connectivity index (χ1n) is 8.45. The number of aliphatic hydroxyl groups excluding tert-OH is 3. The molecule has 0 rings (SSSR count). The van der Waals surface area contributed by atoms with Crippen LogP contribution in [0.1, 0.15) is 19.8 Å². The van der Waals surface area contributed by atoms with E-state index in [9.17, 15) is 34.2 Å². The van der Waals surface area contributed by atoms with Gasteiger partial charge in [-0.05, 0) is 13.3 Å². The van der Waals surface area contributed by atoms with Crippen LogP contribution in [0.5, 0.6) is 0 Å². The van der Waals surface area contributed by atoms with Crippen LogP contribution in [-0.2, 0) is 24.0 Å². The van der Waals surface area contributed by atoms with E-state index in [1.807, 2.05) is 10.6 Å². The Bertz CT molecular complexity index is 612. The van der Waals surface area contributed by atoms with Crippen molar-refractivity contribution in [3.63, 3.8) is 0 Å². The number of aliphatic carboxylic acids is 2. The molecule has 0 aliphatic carbocycles. The summed E-state index contributed by atoms with van der Waals surface area (Å²) in [5.41, 5.74) is 5.28. The number of rotatable bonds is 13. The van der Waals surface area contributed by atoms with Gasteiger partial charge in [-0.3, -0.25) is 19.2 Å². The lowest BCUT2D eigenvalue weighted by Crippen LogP contribution is -2.59. The topological polar surface area (TPSA) is 249 Å². The summed E-state index contributed by atoms with van der Waals surface area (Å²) in [5.74, 6) is -6.00. The summed E-state index contributed by atoms with van der Waals surface area (Å²) in [5, 5.41) is 51.4. The van der Waals surface area contributed by atoms with Crippen LogP contribution in [0.2, 0.25) is 0 Å². The number of aliphatic hydroxyl groups is 3. The van der Waals surface area contributed by atoms with Crippen LogP contribution in [0.4, 0.5) is 0 Å². The Hall–Kier alpha value is -2.81. The zero-order valence-corrected chi connectivity index (χ0v) is 15.6. The van der Waals surface area contributed by atoms with Gasteiger partial charge in [-0.15, -0.1) is 0 Å². The van der Waals surface area contributed by atoms with E-state index >= 15 is 0 Å². The Morgan fingerprint density at radius 1 is 0.862 bits per heavy atom. The van der Waals surface area contributed by atoms with Crippen molar-refractivity contribution in [3.8, 4) is 0 Å². The third kappa shape index (κ3) is 9.29. The smallest absolute Gasteiger partial charge is 0.328 e. The van der Waals surface area contributed by atoms with Crippen molar-refractivity contribution in [2.24, 2.45) is 5.73 Å². The van der Waals surface area contributed by atoms with Crippen LogP contribution in [0.3, 0.4) is 0 Å². The normalized spacial score (nSPS) is 15.9. The average molecular weight is 422 g/mol. The fourth-order valence-corrected chi connectivity index (χ4v) is 2.01. The first-order chi connectivity index (χ1) is 13.4. The molecule has 0 aliphatic rings. The monoisotopic (exact) mass is 422 g/mol. The second-order valence-corrected chi connectivity index (χ2v) is 6.09. The molecule has 0 spiro atoms. The minimum atomic E-state index is -1.72. The third-order valence-electron chi connectivity index (χ3n) is 3.68. The van der Waals surface area contributed by atoms with Gasteiger partial charge in [0.25, 0.3) is 0 Å². The molecule has 0 fully saturated rings. The van der Waals surface area contributed by atoms with Gasteiger partial charge >= 0.3 is 11.9 Å². The van der Waals surface area contributed by atoms with E-state index in [1.165, 1.54) is 0 Å². The molecule has 0 aliphatic heterocycles. The van der Waals surface area contributed by atoms with Crippen molar-refractivity contribution in [3.05, 3.63) is 0 Å². The summed E-state index contributed by atoms with van der Waals surface area (Å²) in [7, 11) is 0. The second kappa shape index (κ2) is 12.6. The van der Waals surface area contributed by atoms with Crippen LogP contribution in [0.15, 0.2) is 0 Å². The fraction of sp³-hybridized carbons (Fsp3) is 0.667. The molecule has 29 heavy (non-hydrogen) atoms. The number of carboxylic acid groups (broad SMARTS) is 2. The molecule has 0 radical (unpaired) electrons. The van der Waals surface area contributed by atoms with E-state index < -0.39 is 86.0 Å². The van der Waals surface area contributed by atoms with Gasteiger partial charge < -0.3 is 47.2 Å². The molecule has 0 aromatic heterocycles. The predicted molar refractivity (Wildman–Crippen MR) is 94.1 cm³/mol. The lowest BCUT2D eigenvalue weighted by molar-refractivity contribution is -0.145. The number of amides is 3. The Morgan fingerprint density at radius 2 is 1.38 bits per heavy atom. The highest BCUT2D eigenvalue weighted by molar-refractivity contribution is 5.94. The van der Waals surface area contributed by atoms with Crippen molar-refractivity contribution in [1.29, 1.82) is 0 Å². The first kappa shape index (κ1) is 26.2. The molecule has 0 bridgehead atoms. The van der Waals surface area contributed by atoms with Gasteiger partial charge in [0.1, 0.15) is 18.1 Å². The maximum atomic E-state index is 12.3. The molecule has 0 aromatic carbocycles. The highest BCUT2D eigenvalue weighted by atomic mass is 16.4. The van der Waals surface area contributed by atoms with Crippen molar-refractivity contribution < 1.29 is 49.5 Å². The van der Waals surface area contributed by atoms with Crippen molar-refractivity contribution >= 4 is 29.7 Å². The Kier molecular flexibility index (Phi) is 11.4. The Balaban J connectivity index is 5.30. The molecule has 3 amide bonds. The van der Waals surface area contributed by atoms with E-state index in [1.54, 1.807) is 0 Å². The highest BCUT2D eigenvalue weighted by Gasteiger charge is 2.31. The lowest BCUT2D eigenvalue weighted by atomic mass is 10.1. The van der Waals surface area contributed by atoms with Crippen LogP contribution >= 0.6 is 0 Å². The molecule has 166 valence electrons. The van der Waals surface area contributed by atoms with Gasteiger partial charge in [0, 0.05) is 6.42 Å². The second-order valence-electron chi connectivity index (χ2n) is 6.09. The van der Waals surface area contributed by atoms with Gasteiger partial charge in [-0.1, -0.05) is 0 Å². The van der Waals surface area contributed by atoms with Crippen molar-refractivity contribution in [1.82, 2.24) is 16.0 Å². The number of nitrogens with two attached hydrogens (primary N) is 1. The molecule has 14 nitrogen and oxygen atoms in total. The molecular formula is C15H26N4O10. The average Bonchev–Trinajstić information content (AvgIpc) is 2.65. The number of hydrogen-bond acceptors (Lipinski definition) is 9.